The van der Waals surface area contributed by atoms with Crippen molar-refractivity contribution in [3.05, 3.63) is 35.9 Å². The minimum absolute atomic E-state index is 0.0371. The van der Waals surface area contributed by atoms with Gasteiger partial charge in [0, 0.05) is 32.8 Å². The summed E-state index contributed by atoms with van der Waals surface area (Å²) in [7, 11) is 0. The largest absolute Gasteiger partial charge is 0.315 e. The van der Waals surface area contributed by atoms with Crippen molar-refractivity contribution in [3.63, 3.8) is 0 Å². The Bertz CT molecular complexity index is 357. The van der Waals surface area contributed by atoms with Crippen LogP contribution in [0.25, 0.3) is 0 Å². The van der Waals surface area contributed by atoms with Crippen molar-refractivity contribution in [1.82, 2.24) is 20.9 Å². The third-order valence-corrected chi connectivity index (χ3v) is 3.55. The van der Waals surface area contributed by atoms with E-state index in [4.69, 9.17) is 5.73 Å². The average molecular weight is 277 g/mol. The van der Waals surface area contributed by atoms with Crippen LogP contribution < -0.4 is 21.7 Å². The van der Waals surface area contributed by atoms with Crippen molar-refractivity contribution in [2.75, 3.05) is 39.4 Å². The Labute approximate surface area is 121 Å². The number of nitrogens with one attached hydrogen (secondary N) is 3. The van der Waals surface area contributed by atoms with Crippen molar-refractivity contribution < 1.29 is 0 Å². The van der Waals surface area contributed by atoms with Gasteiger partial charge in [-0.25, -0.2) is 0 Å². The molecule has 1 aliphatic heterocycles. The molecule has 0 aliphatic carbocycles. The van der Waals surface area contributed by atoms with E-state index in [0.29, 0.717) is 0 Å². The number of rotatable bonds is 2. The van der Waals surface area contributed by atoms with Gasteiger partial charge in [-0.1, -0.05) is 30.3 Å². The summed E-state index contributed by atoms with van der Waals surface area (Å²) in [6.07, 6.45) is 1.18. The number of benzene rings is 1. The first-order valence-corrected chi connectivity index (χ1v) is 7.52. The van der Waals surface area contributed by atoms with E-state index in [9.17, 15) is 0 Å². The molecule has 1 saturated heterocycles. The summed E-state index contributed by atoms with van der Waals surface area (Å²) < 4.78 is 0. The molecule has 1 heterocycles. The van der Waals surface area contributed by atoms with Gasteiger partial charge in [0.1, 0.15) is 0 Å². The first-order valence-electron chi connectivity index (χ1n) is 7.52. The molecule has 1 unspecified atom stereocenters. The molecule has 0 amide bonds. The summed E-state index contributed by atoms with van der Waals surface area (Å²) in [5, 5.41) is 10.3. The number of hydrogen-bond donors (Lipinski definition) is 4. The van der Waals surface area contributed by atoms with Crippen LogP contribution in [0.2, 0.25) is 0 Å². The lowest BCUT2D eigenvalue weighted by Gasteiger charge is -2.30. The maximum atomic E-state index is 6.31. The fourth-order valence-electron chi connectivity index (χ4n) is 2.35. The molecule has 20 heavy (non-hydrogen) atoms. The van der Waals surface area contributed by atoms with Gasteiger partial charge in [0.15, 0.2) is 0 Å². The van der Waals surface area contributed by atoms with Gasteiger partial charge >= 0.3 is 0 Å². The second kappa shape index (κ2) is 9.05. The molecule has 2 rings (SSSR count). The highest BCUT2D eigenvalue weighted by atomic mass is 15.3. The van der Waals surface area contributed by atoms with Crippen molar-refractivity contribution in [2.45, 2.75) is 19.1 Å². The maximum absolute atomic E-state index is 6.31. The van der Waals surface area contributed by atoms with Crippen LogP contribution in [0.1, 0.15) is 12.0 Å². The molecule has 0 saturated carbocycles. The van der Waals surface area contributed by atoms with Crippen LogP contribution in [-0.2, 0) is 6.54 Å². The topological polar surface area (TPSA) is 65.3 Å². The molecule has 1 atom stereocenters. The van der Waals surface area contributed by atoms with Crippen LogP contribution in [0.4, 0.5) is 0 Å². The second-order valence-electron chi connectivity index (χ2n) is 5.27. The normalized spacial score (nSPS) is 23.8. The number of hydrogen-bond acceptors (Lipinski definition) is 5. The third-order valence-electron chi connectivity index (χ3n) is 3.55. The highest BCUT2D eigenvalue weighted by Crippen LogP contribution is 2.05. The molecule has 112 valence electrons. The molecule has 5 nitrogen and oxygen atoms in total. The molecule has 1 aromatic rings. The van der Waals surface area contributed by atoms with E-state index in [-0.39, 0.29) is 6.17 Å². The van der Waals surface area contributed by atoms with E-state index >= 15 is 0 Å². The van der Waals surface area contributed by atoms with Crippen molar-refractivity contribution in [2.24, 2.45) is 5.73 Å². The molecular weight excluding hydrogens is 250 g/mol. The van der Waals surface area contributed by atoms with E-state index < -0.39 is 0 Å². The van der Waals surface area contributed by atoms with E-state index in [1.165, 1.54) is 5.56 Å². The van der Waals surface area contributed by atoms with Crippen LogP contribution in [0.15, 0.2) is 30.3 Å². The summed E-state index contributed by atoms with van der Waals surface area (Å²) in [5.41, 5.74) is 7.62. The highest BCUT2D eigenvalue weighted by molar-refractivity contribution is 5.14. The standard InChI is InChI=1S/C15H27N5/c16-15-11-18-8-4-7-17-9-10-19-13-20(15)12-14-5-2-1-3-6-14/h1-3,5-6,15,17-19H,4,7-13,16H2. The predicted octanol–water partition coefficient (Wildman–Crippen LogP) is -0.0966. The van der Waals surface area contributed by atoms with Gasteiger partial charge in [-0.15, -0.1) is 0 Å². The first kappa shape index (κ1) is 15.4. The van der Waals surface area contributed by atoms with Crippen LogP contribution in [0.5, 0.6) is 0 Å². The second-order valence-corrected chi connectivity index (χ2v) is 5.27. The monoisotopic (exact) mass is 277 g/mol. The van der Waals surface area contributed by atoms with E-state index in [1.54, 1.807) is 0 Å². The Hall–Kier alpha value is -0.980. The summed E-state index contributed by atoms with van der Waals surface area (Å²) in [6, 6.07) is 10.5. The lowest BCUT2D eigenvalue weighted by atomic mass is 10.2. The van der Waals surface area contributed by atoms with Gasteiger partial charge < -0.3 is 21.7 Å². The van der Waals surface area contributed by atoms with E-state index in [2.05, 4.69) is 45.1 Å². The van der Waals surface area contributed by atoms with E-state index in [0.717, 1.165) is 52.4 Å². The Balaban J connectivity index is 1.90. The fraction of sp³-hybridized carbons (Fsp3) is 0.600. The summed E-state index contributed by atoms with van der Waals surface area (Å²) in [6.45, 7) is 6.60. The van der Waals surface area contributed by atoms with Gasteiger partial charge in [-0.2, -0.15) is 0 Å². The Morgan fingerprint density at radius 3 is 2.60 bits per heavy atom. The quantitative estimate of drug-likeness (QED) is 0.608. The van der Waals surface area contributed by atoms with Crippen LogP contribution in [-0.4, -0.2) is 50.5 Å². The third kappa shape index (κ3) is 5.56. The molecule has 0 spiro atoms. The molecule has 1 aromatic carbocycles. The van der Waals surface area contributed by atoms with E-state index in [1.807, 2.05) is 6.07 Å². The van der Waals surface area contributed by atoms with Crippen LogP contribution in [0, 0.1) is 0 Å². The number of nitrogens with two attached hydrogens (primary N) is 1. The maximum Gasteiger partial charge on any atom is 0.0713 e. The lowest BCUT2D eigenvalue weighted by Crippen LogP contribution is -2.52. The smallest absolute Gasteiger partial charge is 0.0713 e. The average Bonchev–Trinajstić information content (AvgIpc) is 2.47. The van der Waals surface area contributed by atoms with Crippen molar-refractivity contribution in [1.29, 1.82) is 0 Å². The fourth-order valence-corrected chi connectivity index (χ4v) is 2.35. The van der Waals surface area contributed by atoms with Crippen LogP contribution in [0.3, 0.4) is 0 Å². The summed E-state index contributed by atoms with van der Waals surface area (Å²) in [5.74, 6) is 0. The Kier molecular flexibility index (Phi) is 6.97. The van der Waals surface area contributed by atoms with Gasteiger partial charge in [-0.3, -0.25) is 4.90 Å². The highest BCUT2D eigenvalue weighted by Gasteiger charge is 2.14. The molecule has 5 heteroatoms. The van der Waals surface area contributed by atoms with Gasteiger partial charge in [0.2, 0.25) is 0 Å². The minimum atomic E-state index is 0.0371. The zero-order valence-electron chi connectivity index (χ0n) is 12.1. The van der Waals surface area contributed by atoms with Gasteiger partial charge in [0.05, 0.1) is 6.17 Å². The molecule has 0 bridgehead atoms. The zero-order valence-corrected chi connectivity index (χ0v) is 12.1. The Morgan fingerprint density at radius 2 is 1.75 bits per heavy atom. The molecule has 1 fully saturated rings. The number of nitrogens with zero attached hydrogens (tertiary/aromatic N) is 1. The first-order chi connectivity index (χ1) is 9.86. The van der Waals surface area contributed by atoms with Crippen molar-refractivity contribution >= 4 is 0 Å². The summed E-state index contributed by atoms with van der Waals surface area (Å²) in [4.78, 5) is 2.28. The molecular formula is C15H27N5. The molecule has 0 aromatic heterocycles. The summed E-state index contributed by atoms with van der Waals surface area (Å²) >= 11 is 0. The molecule has 5 N–H and O–H groups in total. The van der Waals surface area contributed by atoms with Gasteiger partial charge in [0.25, 0.3) is 0 Å². The van der Waals surface area contributed by atoms with Crippen molar-refractivity contribution in [3.8, 4) is 0 Å². The van der Waals surface area contributed by atoms with Crippen LogP contribution >= 0.6 is 0 Å². The molecule has 0 radical (unpaired) electrons. The SMILES string of the molecule is NC1CNCCCNCCNCN1Cc1ccccc1. The minimum Gasteiger partial charge on any atom is -0.315 e. The Morgan fingerprint density at radius 1 is 1.00 bits per heavy atom. The zero-order chi connectivity index (χ0) is 14.0. The lowest BCUT2D eigenvalue weighted by molar-refractivity contribution is 0.171. The van der Waals surface area contributed by atoms with Gasteiger partial charge in [-0.05, 0) is 25.1 Å². The predicted molar refractivity (Wildman–Crippen MR) is 83.2 cm³/mol. The molecule has 1 aliphatic rings.